The van der Waals surface area contributed by atoms with Crippen LogP contribution >= 0.6 is 34.7 Å². The molecule has 0 aromatic carbocycles. The molecule has 0 spiro atoms. The van der Waals surface area contributed by atoms with E-state index in [2.05, 4.69) is 15.5 Å². The number of nitrogen functional groups attached to an aromatic ring is 1. The van der Waals surface area contributed by atoms with Crippen molar-refractivity contribution in [2.24, 2.45) is 5.16 Å². The van der Waals surface area contributed by atoms with E-state index < -0.39 is 29.2 Å². The van der Waals surface area contributed by atoms with Gasteiger partial charge in [-0.05, 0) is 6.07 Å². The largest absolute Gasteiger partial charge is 0.477 e. The predicted octanol–water partition coefficient (Wildman–Crippen LogP) is 0.708. The Morgan fingerprint density at radius 2 is 2.22 bits per heavy atom. The normalized spacial score (nSPS) is 19.8. The van der Waals surface area contributed by atoms with Crippen molar-refractivity contribution in [3.05, 3.63) is 58.1 Å². The fourth-order valence-corrected chi connectivity index (χ4v) is 6.41. The van der Waals surface area contributed by atoms with Gasteiger partial charge >= 0.3 is 5.97 Å². The molecule has 1 saturated heterocycles. The van der Waals surface area contributed by atoms with Gasteiger partial charge in [0, 0.05) is 17.4 Å². The monoisotopic (exact) mass is 548 g/mol. The number of carboxylic acids is 1. The Labute approximate surface area is 217 Å². The number of aromatic nitrogens is 3. The lowest BCUT2D eigenvalue weighted by molar-refractivity contribution is -0.662. The average Bonchev–Trinajstić information content (AvgIpc) is 3.42. The van der Waals surface area contributed by atoms with E-state index in [9.17, 15) is 19.5 Å². The van der Waals surface area contributed by atoms with Crippen LogP contribution in [0.15, 0.2) is 53.2 Å². The van der Waals surface area contributed by atoms with Crippen LogP contribution in [-0.4, -0.2) is 67.2 Å². The lowest BCUT2D eigenvalue weighted by Crippen LogP contribution is -2.71. The molecule has 2 aliphatic heterocycles. The van der Waals surface area contributed by atoms with Gasteiger partial charge in [-0.1, -0.05) is 34.2 Å². The van der Waals surface area contributed by atoms with Crippen LogP contribution in [0.3, 0.4) is 0 Å². The molecule has 3 aromatic heterocycles. The number of β-lactam (4-membered cyclic amide) rings is 1. The second-order valence-electron chi connectivity index (χ2n) is 7.81. The van der Waals surface area contributed by atoms with Crippen LogP contribution < -0.4 is 15.6 Å². The van der Waals surface area contributed by atoms with Gasteiger partial charge in [-0.3, -0.25) is 14.5 Å². The highest BCUT2D eigenvalue weighted by molar-refractivity contribution is 8.00. The second kappa shape index (κ2) is 9.44. The number of anilines is 1. The number of carboxylic acid groups (broad SMARTS) is 1. The SMILES string of the molecule is CO/N=C(\C(=O)N[C@@H]1C(=O)N2C(C(=O)O)=C(C[n+]3ccn4ccccc43)CS[C@@H]12)c1nc(N)sc1Cl. The maximum absolute atomic E-state index is 13.1. The van der Waals surface area contributed by atoms with Crippen LogP contribution in [0.25, 0.3) is 5.65 Å². The van der Waals surface area contributed by atoms with Crippen molar-refractivity contribution >= 4 is 69.0 Å². The first-order valence-corrected chi connectivity index (χ1v) is 12.7. The minimum absolute atomic E-state index is 0.0312. The van der Waals surface area contributed by atoms with E-state index in [1.54, 1.807) is 0 Å². The highest BCUT2D eigenvalue weighted by Gasteiger charge is 2.54. The molecule has 2 atom stereocenters. The molecule has 0 aliphatic carbocycles. The summed E-state index contributed by atoms with van der Waals surface area (Å²) < 4.78 is 3.98. The van der Waals surface area contributed by atoms with Gasteiger partial charge in [0.1, 0.15) is 53.2 Å². The fourth-order valence-electron chi connectivity index (χ4n) is 4.15. The van der Waals surface area contributed by atoms with Crippen molar-refractivity contribution < 1.29 is 28.9 Å². The minimum Gasteiger partial charge on any atom is -0.477 e. The van der Waals surface area contributed by atoms with Crippen molar-refractivity contribution in [2.45, 2.75) is 18.0 Å². The van der Waals surface area contributed by atoms with Gasteiger partial charge < -0.3 is 21.0 Å². The Balaban J connectivity index is 1.38. The lowest BCUT2D eigenvalue weighted by atomic mass is 10.0. The third-order valence-corrected chi connectivity index (χ3v) is 8.11. The molecule has 186 valence electrons. The minimum atomic E-state index is -1.20. The van der Waals surface area contributed by atoms with E-state index in [1.165, 1.54) is 23.8 Å². The molecule has 0 saturated carbocycles. The Kier molecular flexibility index (Phi) is 6.32. The van der Waals surface area contributed by atoms with Gasteiger partial charge in [0.25, 0.3) is 17.5 Å². The number of hydrogen-bond acceptors (Lipinski definition) is 9. The van der Waals surface area contributed by atoms with E-state index in [1.807, 2.05) is 45.8 Å². The first-order valence-electron chi connectivity index (χ1n) is 10.5. The first kappa shape index (κ1) is 24.1. The summed E-state index contributed by atoms with van der Waals surface area (Å²) in [7, 11) is 1.25. The molecule has 0 unspecified atom stereocenters. The maximum atomic E-state index is 13.1. The summed E-state index contributed by atoms with van der Waals surface area (Å²) in [4.78, 5) is 48.2. The Hall–Kier alpha value is -3.62. The third-order valence-electron chi connectivity index (χ3n) is 5.69. The van der Waals surface area contributed by atoms with Crippen LogP contribution in [0.2, 0.25) is 4.34 Å². The molecule has 5 heterocycles. The lowest BCUT2D eigenvalue weighted by Gasteiger charge is -2.49. The number of aliphatic carboxylic acids is 1. The molecular weight excluding hydrogens is 530 g/mol. The molecular formula is C21H19ClN7O5S2+. The number of oxime groups is 1. The van der Waals surface area contributed by atoms with Gasteiger partial charge in [-0.15, -0.1) is 11.8 Å². The molecule has 36 heavy (non-hydrogen) atoms. The van der Waals surface area contributed by atoms with Gasteiger partial charge in [0.15, 0.2) is 10.8 Å². The quantitative estimate of drug-likeness (QED) is 0.169. The highest BCUT2D eigenvalue weighted by Crippen LogP contribution is 2.40. The number of hydrogen-bond donors (Lipinski definition) is 3. The van der Waals surface area contributed by atoms with Crippen molar-refractivity contribution in [2.75, 3.05) is 18.6 Å². The van der Waals surface area contributed by atoms with Crippen LogP contribution in [-0.2, 0) is 25.8 Å². The van der Waals surface area contributed by atoms with Crippen molar-refractivity contribution in [1.82, 2.24) is 19.6 Å². The number of thioether (sulfide) groups is 1. The molecule has 12 nitrogen and oxygen atoms in total. The molecule has 2 aliphatic rings. The Morgan fingerprint density at radius 3 is 2.92 bits per heavy atom. The summed E-state index contributed by atoms with van der Waals surface area (Å²) in [5.41, 5.74) is 6.86. The topological polar surface area (TPSA) is 156 Å². The van der Waals surface area contributed by atoms with Crippen molar-refractivity contribution in [1.29, 1.82) is 0 Å². The predicted molar refractivity (Wildman–Crippen MR) is 132 cm³/mol. The zero-order valence-electron chi connectivity index (χ0n) is 18.6. The number of nitrogens with one attached hydrogen (secondary N) is 1. The number of halogens is 1. The van der Waals surface area contributed by atoms with Gasteiger partial charge in [-0.25, -0.2) is 18.7 Å². The summed E-state index contributed by atoms with van der Waals surface area (Å²) in [5, 5.41) is 15.8. The molecule has 15 heteroatoms. The van der Waals surface area contributed by atoms with E-state index in [0.717, 1.165) is 17.0 Å². The average molecular weight is 549 g/mol. The van der Waals surface area contributed by atoms with Crippen LogP contribution in [0.1, 0.15) is 5.69 Å². The number of carbonyl (C=O) groups is 3. The molecule has 1 fully saturated rings. The molecule has 0 bridgehead atoms. The summed E-state index contributed by atoms with van der Waals surface area (Å²) >= 11 is 8.45. The zero-order chi connectivity index (χ0) is 25.6. The van der Waals surface area contributed by atoms with Crippen LogP contribution in [0.4, 0.5) is 5.13 Å². The summed E-state index contributed by atoms with van der Waals surface area (Å²) in [5.74, 6) is -2.12. The first-order chi connectivity index (χ1) is 17.3. The third kappa shape index (κ3) is 4.06. The number of nitrogens with two attached hydrogens (primary N) is 1. The fraction of sp³-hybridized carbons (Fsp3) is 0.238. The van der Waals surface area contributed by atoms with Gasteiger partial charge in [0.2, 0.25) is 0 Å². The number of nitrogens with zero attached hydrogens (tertiary/aromatic N) is 5. The zero-order valence-corrected chi connectivity index (χ0v) is 21.0. The summed E-state index contributed by atoms with van der Waals surface area (Å²) in [6.07, 6.45) is 5.62. The molecule has 3 aromatic rings. The standard InChI is InChI=1S/C21H18ClN7O5S2/c1-34-26-13(12-16(22)36-21(23)25-12)17(30)24-14-18(31)29-15(20(32)33)10(9-35-19(14)29)8-28-7-6-27-5-3-2-4-11(27)28/h2-7,14,19H,8-9H2,1H3,(H3-,23,24,25,30,32,33)/p+1/b26-13-/t14-,19+/m1/s1. The Bertz CT molecular complexity index is 1470. The summed E-state index contributed by atoms with van der Waals surface area (Å²) in [6, 6.07) is 4.75. The number of rotatable bonds is 7. The summed E-state index contributed by atoms with van der Waals surface area (Å²) in [6.45, 7) is 0.303. The highest BCUT2D eigenvalue weighted by atomic mass is 35.5. The van der Waals surface area contributed by atoms with E-state index >= 15 is 0 Å². The Morgan fingerprint density at radius 1 is 1.42 bits per heavy atom. The second-order valence-corrected chi connectivity index (χ2v) is 10.5. The molecule has 5 rings (SSSR count). The molecule has 0 radical (unpaired) electrons. The van der Waals surface area contributed by atoms with Crippen molar-refractivity contribution in [3.63, 3.8) is 0 Å². The number of amides is 2. The van der Waals surface area contributed by atoms with Crippen LogP contribution in [0, 0.1) is 0 Å². The van der Waals surface area contributed by atoms with E-state index in [0.29, 0.717) is 17.9 Å². The molecule has 2 amide bonds. The van der Waals surface area contributed by atoms with Crippen LogP contribution in [0.5, 0.6) is 0 Å². The van der Waals surface area contributed by atoms with Gasteiger partial charge in [0.05, 0.1) is 6.20 Å². The number of pyridine rings is 1. The number of carbonyl (C=O) groups excluding carboxylic acids is 2. The van der Waals surface area contributed by atoms with E-state index in [-0.39, 0.29) is 26.6 Å². The number of thiazole rings is 1. The maximum Gasteiger partial charge on any atom is 0.352 e. The number of imidazole rings is 1. The van der Waals surface area contributed by atoms with Crippen molar-refractivity contribution in [3.8, 4) is 0 Å². The molecule has 4 N–H and O–H groups in total. The van der Waals surface area contributed by atoms with Gasteiger partial charge in [-0.2, -0.15) is 0 Å². The number of fused-ring (bicyclic) bond motifs is 2. The van der Waals surface area contributed by atoms with E-state index in [4.69, 9.17) is 22.2 Å². The smallest absolute Gasteiger partial charge is 0.352 e.